The molecule has 7 nitrogen and oxygen atoms in total. The lowest BCUT2D eigenvalue weighted by Gasteiger charge is -2.30. The molecular formula is C25H25ClN2O5S. The van der Waals surface area contributed by atoms with Crippen LogP contribution >= 0.6 is 11.6 Å². The fraction of sp³-hybridized carbons (Fsp3) is 0.240. The molecule has 0 saturated carbocycles. The lowest BCUT2D eigenvalue weighted by atomic mass is 10.0. The smallest absolute Gasteiger partial charge is 0.264 e. The predicted molar refractivity (Wildman–Crippen MR) is 132 cm³/mol. The van der Waals surface area contributed by atoms with Crippen LogP contribution in [0.3, 0.4) is 0 Å². The molecule has 0 aliphatic carbocycles. The molecule has 34 heavy (non-hydrogen) atoms. The Kier molecular flexibility index (Phi) is 7.29. The van der Waals surface area contributed by atoms with Crippen LogP contribution in [0, 0.1) is 0 Å². The normalized spacial score (nSPS) is 13.2. The molecule has 1 aliphatic rings. The average molecular weight is 501 g/mol. The van der Waals surface area contributed by atoms with Crippen molar-refractivity contribution in [2.75, 3.05) is 29.4 Å². The van der Waals surface area contributed by atoms with Gasteiger partial charge in [-0.3, -0.25) is 9.10 Å². The van der Waals surface area contributed by atoms with Crippen LogP contribution in [0.25, 0.3) is 0 Å². The highest BCUT2D eigenvalue weighted by Gasteiger charge is 2.29. The van der Waals surface area contributed by atoms with E-state index in [0.717, 1.165) is 18.4 Å². The molecule has 4 rings (SSSR count). The molecular weight excluding hydrogens is 476 g/mol. The molecule has 1 aliphatic heterocycles. The topological polar surface area (TPSA) is 84.9 Å². The summed E-state index contributed by atoms with van der Waals surface area (Å²) in [6.07, 6.45) is 1.58. The number of ether oxygens (including phenoxy) is 2. The molecule has 0 aromatic heterocycles. The first-order valence-corrected chi connectivity index (χ1v) is 12.8. The van der Waals surface area contributed by atoms with E-state index in [1.807, 2.05) is 37.3 Å². The van der Waals surface area contributed by atoms with Crippen molar-refractivity contribution in [1.29, 1.82) is 0 Å². The standard InChI is InChI=1S/C25H25ClN2O5S/c1-2-32-24-12-6-4-10-21(24)27-25(29)17-33-23-14-13-19(16-20(23)26)34(30,31)28-15-7-9-18-8-3-5-11-22(18)28/h3-6,8,10-14,16H,2,7,9,15,17H2,1H3,(H,27,29). The van der Waals surface area contributed by atoms with E-state index in [2.05, 4.69) is 5.32 Å². The van der Waals surface area contributed by atoms with E-state index in [1.165, 1.54) is 22.5 Å². The van der Waals surface area contributed by atoms with E-state index >= 15 is 0 Å². The highest BCUT2D eigenvalue weighted by atomic mass is 35.5. The van der Waals surface area contributed by atoms with E-state index in [-0.39, 0.29) is 22.3 Å². The van der Waals surface area contributed by atoms with Gasteiger partial charge >= 0.3 is 0 Å². The summed E-state index contributed by atoms with van der Waals surface area (Å²) in [6.45, 7) is 2.43. The third-order valence-electron chi connectivity index (χ3n) is 5.38. The minimum atomic E-state index is -3.80. The summed E-state index contributed by atoms with van der Waals surface area (Å²) in [5, 5.41) is 2.84. The number of para-hydroxylation sites is 3. The van der Waals surface area contributed by atoms with Crippen LogP contribution < -0.4 is 19.1 Å². The van der Waals surface area contributed by atoms with Gasteiger partial charge in [0.05, 0.1) is 27.9 Å². The lowest BCUT2D eigenvalue weighted by Crippen LogP contribution is -2.35. The van der Waals surface area contributed by atoms with Crippen molar-refractivity contribution in [3.8, 4) is 11.5 Å². The Morgan fingerprint density at radius 2 is 1.79 bits per heavy atom. The maximum atomic E-state index is 13.3. The number of hydrogen-bond acceptors (Lipinski definition) is 5. The zero-order valence-corrected chi connectivity index (χ0v) is 20.2. The summed E-state index contributed by atoms with van der Waals surface area (Å²) >= 11 is 6.33. The zero-order valence-electron chi connectivity index (χ0n) is 18.7. The van der Waals surface area contributed by atoms with Gasteiger partial charge in [-0.1, -0.05) is 41.9 Å². The lowest BCUT2D eigenvalue weighted by molar-refractivity contribution is -0.118. The molecule has 0 saturated heterocycles. The second-order valence-electron chi connectivity index (χ2n) is 7.67. The summed E-state index contributed by atoms with van der Waals surface area (Å²) in [4.78, 5) is 12.4. The van der Waals surface area contributed by atoms with Crippen molar-refractivity contribution in [2.45, 2.75) is 24.7 Å². The van der Waals surface area contributed by atoms with Gasteiger partial charge in [0, 0.05) is 6.54 Å². The second-order valence-corrected chi connectivity index (χ2v) is 9.94. The van der Waals surface area contributed by atoms with Crippen molar-refractivity contribution in [2.24, 2.45) is 0 Å². The number of fused-ring (bicyclic) bond motifs is 1. The number of amides is 1. The fourth-order valence-electron chi connectivity index (χ4n) is 3.82. The molecule has 0 fully saturated rings. The summed E-state index contributed by atoms with van der Waals surface area (Å²) in [5.41, 5.74) is 2.22. The molecule has 178 valence electrons. The first kappa shape index (κ1) is 23.9. The van der Waals surface area contributed by atoms with Gasteiger partial charge < -0.3 is 14.8 Å². The fourth-order valence-corrected chi connectivity index (χ4v) is 5.68. The molecule has 0 unspecified atom stereocenters. The van der Waals surface area contributed by atoms with Gasteiger partial charge in [-0.2, -0.15) is 0 Å². The molecule has 1 heterocycles. The Morgan fingerprint density at radius 1 is 1.03 bits per heavy atom. The van der Waals surface area contributed by atoms with Crippen LogP contribution in [-0.4, -0.2) is 34.1 Å². The Morgan fingerprint density at radius 3 is 2.59 bits per heavy atom. The van der Waals surface area contributed by atoms with Gasteiger partial charge in [0.2, 0.25) is 0 Å². The number of rotatable bonds is 8. The number of benzene rings is 3. The maximum Gasteiger partial charge on any atom is 0.264 e. The van der Waals surface area contributed by atoms with E-state index in [4.69, 9.17) is 21.1 Å². The van der Waals surface area contributed by atoms with Gasteiger partial charge in [-0.05, 0) is 61.7 Å². The third kappa shape index (κ3) is 5.13. The van der Waals surface area contributed by atoms with E-state index in [9.17, 15) is 13.2 Å². The predicted octanol–water partition coefficient (Wildman–Crippen LogP) is 4.90. The van der Waals surface area contributed by atoms with Gasteiger partial charge in [0.15, 0.2) is 6.61 Å². The van der Waals surface area contributed by atoms with Crippen LogP contribution in [0.5, 0.6) is 11.5 Å². The second kappa shape index (κ2) is 10.4. The van der Waals surface area contributed by atoms with Crippen molar-refractivity contribution in [3.63, 3.8) is 0 Å². The monoisotopic (exact) mass is 500 g/mol. The number of aryl methyl sites for hydroxylation is 1. The quantitative estimate of drug-likeness (QED) is 0.475. The van der Waals surface area contributed by atoms with Crippen LogP contribution in [0.2, 0.25) is 5.02 Å². The molecule has 0 atom stereocenters. The molecule has 3 aromatic carbocycles. The highest BCUT2D eigenvalue weighted by molar-refractivity contribution is 7.92. The van der Waals surface area contributed by atoms with E-state index < -0.39 is 15.9 Å². The number of anilines is 2. The number of nitrogens with zero attached hydrogens (tertiary/aromatic N) is 1. The first-order chi connectivity index (χ1) is 16.4. The molecule has 1 N–H and O–H groups in total. The van der Waals surface area contributed by atoms with E-state index in [1.54, 1.807) is 18.2 Å². The van der Waals surface area contributed by atoms with Crippen LogP contribution in [0.1, 0.15) is 18.9 Å². The molecule has 0 radical (unpaired) electrons. The Balaban J connectivity index is 1.45. The number of carbonyl (C=O) groups excluding carboxylic acids is 1. The summed E-state index contributed by atoms with van der Waals surface area (Å²) in [5.74, 6) is 0.378. The Labute approximate surface area is 204 Å². The van der Waals surface area contributed by atoms with Crippen molar-refractivity contribution < 1.29 is 22.7 Å². The largest absolute Gasteiger partial charge is 0.492 e. The minimum Gasteiger partial charge on any atom is -0.492 e. The van der Waals surface area contributed by atoms with Crippen LogP contribution in [-0.2, 0) is 21.2 Å². The average Bonchev–Trinajstić information content (AvgIpc) is 2.84. The number of halogens is 1. The van der Waals surface area contributed by atoms with Gasteiger partial charge in [-0.15, -0.1) is 0 Å². The molecule has 3 aromatic rings. The molecule has 0 spiro atoms. The third-order valence-corrected chi connectivity index (χ3v) is 7.48. The summed E-state index contributed by atoms with van der Waals surface area (Å²) in [6, 6.07) is 18.8. The highest BCUT2D eigenvalue weighted by Crippen LogP contribution is 2.34. The maximum absolute atomic E-state index is 13.3. The minimum absolute atomic E-state index is 0.0663. The molecule has 9 heteroatoms. The number of hydrogen-bond donors (Lipinski definition) is 1. The van der Waals surface area contributed by atoms with E-state index in [0.29, 0.717) is 30.3 Å². The number of nitrogens with one attached hydrogen (secondary N) is 1. The summed E-state index contributed by atoms with van der Waals surface area (Å²) < 4.78 is 39.1. The van der Waals surface area contributed by atoms with Gasteiger partial charge in [-0.25, -0.2) is 8.42 Å². The van der Waals surface area contributed by atoms with Crippen LogP contribution in [0.4, 0.5) is 11.4 Å². The van der Waals surface area contributed by atoms with Crippen molar-refractivity contribution in [3.05, 3.63) is 77.3 Å². The van der Waals surface area contributed by atoms with Crippen molar-refractivity contribution in [1.82, 2.24) is 0 Å². The number of carbonyl (C=O) groups is 1. The zero-order chi connectivity index (χ0) is 24.1. The van der Waals surface area contributed by atoms with Gasteiger partial charge in [0.1, 0.15) is 11.5 Å². The van der Waals surface area contributed by atoms with Crippen LogP contribution in [0.15, 0.2) is 71.6 Å². The van der Waals surface area contributed by atoms with Gasteiger partial charge in [0.25, 0.3) is 15.9 Å². The molecule has 1 amide bonds. The SMILES string of the molecule is CCOc1ccccc1NC(=O)COc1ccc(S(=O)(=O)N2CCCc3ccccc32)cc1Cl. The Hall–Kier alpha value is -3.23. The van der Waals surface area contributed by atoms with Crippen molar-refractivity contribution >= 4 is 38.9 Å². The summed E-state index contributed by atoms with van der Waals surface area (Å²) in [7, 11) is -3.80. The Bertz CT molecular complexity index is 1300. The first-order valence-electron chi connectivity index (χ1n) is 10.9. The number of sulfonamides is 1. The molecule has 0 bridgehead atoms.